The Morgan fingerprint density at radius 3 is 2.62 bits per heavy atom. The molecule has 0 aromatic carbocycles. The first-order valence-electron chi connectivity index (χ1n) is 5.57. The van der Waals surface area contributed by atoms with E-state index in [-0.39, 0.29) is 29.8 Å². The lowest BCUT2D eigenvalue weighted by Crippen LogP contribution is -2.26. The van der Waals surface area contributed by atoms with E-state index in [1.54, 1.807) is 6.92 Å². The molecular weight excluding hydrogens is 230 g/mol. The lowest BCUT2D eigenvalue weighted by molar-refractivity contribution is -0.129. The average molecular weight is 249 g/mol. The van der Waals surface area contributed by atoms with Crippen molar-refractivity contribution in [2.75, 3.05) is 18.1 Å². The number of ketones is 1. The third kappa shape index (κ3) is 3.84. The van der Waals surface area contributed by atoms with Crippen molar-refractivity contribution in [2.45, 2.75) is 38.4 Å². The van der Waals surface area contributed by atoms with Crippen LogP contribution in [0.1, 0.15) is 26.2 Å². The van der Waals surface area contributed by atoms with Gasteiger partial charge in [-0.25, -0.2) is 8.42 Å². The highest BCUT2D eigenvalue weighted by Gasteiger charge is 2.29. The largest absolute Gasteiger partial charge is 0.366 e. The molecule has 1 aliphatic rings. The minimum Gasteiger partial charge on any atom is -0.366 e. The highest BCUT2D eigenvalue weighted by atomic mass is 32.2. The van der Waals surface area contributed by atoms with Gasteiger partial charge in [-0.1, -0.05) is 6.92 Å². The fourth-order valence-corrected chi connectivity index (χ4v) is 2.48. The highest BCUT2D eigenvalue weighted by molar-refractivity contribution is 7.91. The van der Waals surface area contributed by atoms with Gasteiger partial charge in [0.1, 0.15) is 15.9 Å². The molecule has 1 heterocycles. The summed E-state index contributed by atoms with van der Waals surface area (Å²) in [6, 6.07) is 0. The Hall–Kier alpha value is -0.460. The molecular formula is C10H19NO4S. The third-order valence-corrected chi connectivity index (χ3v) is 4.53. The van der Waals surface area contributed by atoms with E-state index in [4.69, 9.17) is 10.5 Å². The summed E-state index contributed by atoms with van der Waals surface area (Å²) in [6.07, 6.45) is 1.01. The smallest absolute Gasteiger partial charge is 0.162 e. The maximum atomic E-state index is 11.6. The van der Waals surface area contributed by atoms with Crippen LogP contribution >= 0.6 is 0 Å². The van der Waals surface area contributed by atoms with Crippen LogP contribution in [0.4, 0.5) is 0 Å². The van der Waals surface area contributed by atoms with Gasteiger partial charge in [0.25, 0.3) is 0 Å². The van der Waals surface area contributed by atoms with Crippen molar-refractivity contribution in [3.63, 3.8) is 0 Å². The molecule has 6 heteroatoms. The SMILES string of the molecule is CCS(=O)(=O)CCC(=O)C1CCC(CN)O1. The van der Waals surface area contributed by atoms with Crippen molar-refractivity contribution >= 4 is 15.6 Å². The van der Waals surface area contributed by atoms with E-state index in [0.717, 1.165) is 6.42 Å². The summed E-state index contributed by atoms with van der Waals surface area (Å²) < 4.78 is 27.9. The summed E-state index contributed by atoms with van der Waals surface area (Å²) in [7, 11) is -3.06. The van der Waals surface area contributed by atoms with Crippen LogP contribution in [0.2, 0.25) is 0 Å². The zero-order chi connectivity index (χ0) is 12.2. The van der Waals surface area contributed by atoms with E-state index in [0.29, 0.717) is 13.0 Å². The summed E-state index contributed by atoms with van der Waals surface area (Å²) in [6.45, 7) is 1.99. The van der Waals surface area contributed by atoms with Gasteiger partial charge in [-0.2, -0.15) is 0 Å². The van der Waals surface area contributed by atoms with Crippen LogP contribution in [0.15, 0.2) is 0 Å². The van der Waals surface area contributed by atoms with E-state index in [9.17, 15) is 13.2 Å². The normalized spacial score (nSPS) is 25.9. The number of nitrogens with two attached hydrogens (primary N) is 1. The van der Waals surface area contributed by atoms with E-state index < -0.39 is 15.9 Å². The van der Waals surface area contributed by atoms with E-state index in [2.05, 4.69) is 0 Å². The Morgan fingerprint density at radius 2 is 2.12 bits per heavy atom. The molecule has 1 saturated heterocycles. The molecule has 2 N–H and O–H groups in total. The first-order chi connectivity index (χ1) is 7.48. The lowest BCUT2D eigenvalue weighted by atomic mass is 10.1. The lowest BCUT2D eigenvalue weighted by Gasteiger charge is -2.11. The molecule has 1 rings (SSSR count). The van der Waals surface area contributed by atoms with Gasteiger partial charge in [-0.05, 0) is 12.8 Å². The minimum absolute atomic E-state index is 0.0447. The maximum absolute atomic E-state index is 11.6. The second-order valence-corrected chi connectivity index (χ2v) is 6.49. The average Bonchev–Trinajstić information content (AvgIpc) is 2.74. The molecule has 2 unspecified atom stereocenters. The molecule has 0 aliphatic carbocycles. The Balaban J connectivity index is 2.37. The second kappa shape index (κ2) is 5.75. The van der Waals surface area contributed by atoms with Crippen LogP contribution < -0.4 is 5.73 Å². The topological polar surface area (TPSA) is 86.5 Å². The number of Topliss-reactive ketones (excluding diaryl/α,β-unsaturated/α-hetero) is 1. The number of sulfone groups is 1. The molecule has 5 nitrogen and oxygen atoms in total. The Labute approximate surface area is 96.3 Å². The Kier molecular flexibility index (Phi) is 4.89. The van der Waals surface area contributed by atoms with Gasteiger partial charge in [0.05, 0.1) is 11.9 Å². The standard InChI is InChI=1S/C10H19NO4S/c1-2-16(13,14)6-5-9(12)10-4-3-8(7-11)15-10/h8,10H,2-7,11H2,1H3. The molecule has 16 heavy (non-hydrogen) atoms. The zero-order valence-corrected chi connectivity index (χ0v) is 10.3. The van der Waals surface area contributed by atoms with Gasteiger partial charge < -0.3 is 10.5 Å². The van der Waals surface area contributed by atoms with E-state index >= 15 is 0 Å². The van der Waals surface area contributed by atoms with Crippen LogP contribution in [0, 0.1) is 0 Å². The van der Waals surface area contributed by atoms with Crippen molar-refractivity contribution < 1.29 is 17.9 Å². The van der Waals surface area contributed by atoms with Crippen LogP contribution in [-0.2, 0) is 19.4 Å². The summed E-state index contributed by atoms with van der Waals surface area (Å²) in [5, 5.41) is 0. The zero-order valence-electron chi connectivity index (χ0n) is 9.52. The fraction of sp³-hybridized carbons (Fsp3) is 0.900. The van der Waals surface area contributed by atoms with Crippen molar-refractivity contribution in [2.24, 2.45) is 5.73 Å². The molecule has 1 fully saturated rings. The number of carbonyl (C=O) groups excluding carboxylic acids is 1. The number of ether oxygens (including phenoxy) is 1. The fourth-order valence-electron chi connectivity index (χ4n) is 1.68. The van der Waals surface area contributed by atoms with Crippen LogP contribution in [-0.4, -0.2) is 44.5 Å². The summed E-state index contributed by atoms with van der Waals surface area (Å²) >= 11 is 0. The predicted octanol–water partition coefficient (Wildman–Crippen LogP) is -0.113. The highest BCUT2D eigenvalue weighted by Crippen LogP contribution is 2.20. The van der Waals surface area contributed by atoms with E-state index in [1.807, 2.05) is 0 Å². The molecule has 0 bridgehead atoms. The van der Waals surface area contributed by atoms with Crippen LogP contribution in [0.25, 0.3) is 0 Å². The number of hydrogen-bond acceptors (Lipinski definition) is 5. The molecule has 2 atom stereocenters. The first-order valence-corrected chi connectivity index (χ1v) is 7.39. The van der Waals surface area contributed by atoms with Crippen molar-refractivity contribution in [1.29, 1.82) is 0 Å². The Bertz CT molecular complexity index is 339. The molecule has 0 radical (unpaired) electrons. The van der Waals surface area contributed by atoms with E-state index in [1.165, 1.54) is 0 Å². The molecule has 0 spiro atoms. The van der Waals surface area contributed by atoms with Crippen molar-refractivity contribution in [3.8, 4) is 0 Å². The summed E-state index contributed by atoms with van der Waals surface area (Å²) in [5.41, 5.74) is 5.43. The molecule has 0 aromatic rings. The minimum atomic E-state index is -3.06. The van der Waals surface area contributed by atoms with Crippen molar-refractivity contribution in [1.82, 2.24) is 0 Å². The Morgan fingerprint density at radius 1 is 1.44 bits per heavy atom. The number of hydrogen-bond donors (Lipinski definition) is 1. The van der Waals surface area contributed by atoms with Crippen LogP contribution in [0.3, 0.4) is 0 Å². The molecule has 0 saturated carbocycles. The molecule has 1 aliphatic heterocycles. The summed E-state index contributed by atoms with van der Waals surface area (Å²) in [5.74, 6) is -0.111. The maximum Gasteiger partial charge on any atom is 0.162 e. The third-order valence-electron chi connectivity index (χ3n) is 2.83. The van der Waals surface area contributed by atoms with Gasteiger partial charge in [-0.3, -0.25) is 4.79 Å². The first kappa shape index (κ1) is 13.6. The quantitative estimate of drug-likeness (QED) is 0.709. The molecule has 0 aromatic heterocycles. The monoisotopic (exact) mass is 249 g/mol. The van der Waals surface area contributed by atoms with Gasteiger partial charge in [0.2, 0.25) is 0 Å². The van der Waals surface area contributed by atoms with Crippen molar-refractivity contribution in [3.05, 3.63) is 0 Å². The van der Waals surface area contributed by atoms with Crippen LogP contribution in [0.5, 0.6) is 0 Å². The van der Waals surface area contributed by atoms with Gasteiger partial charge in [-0.15, -0.1) is 0 Å². The van der Waals surface area contributed by atoms with Gasteiger partial charge in [0, 0.05) is 18.7 Å². The molecule has 94 valence electrons. The summed E-state index contributed by atoms with van der Waals surface area (Å²) in [4.78, 5) is 11.6. The predicted molar refractivity (Wildman–Crippen MR) is 60.9 cm³/mol. The van der Waals surface area contributed by atoms with Gasteiger partial charge >= 0.3 is 0 Å². The molecule has 0 amide bonds. The van der Waals surface area contributed by atoms with Gasteiger partial charge in [0.15, 0.2) is 5.78 Å². The number of carbonyl (C=O) groups is 1. The number of rotatable bonds is 6. The second-order valence-electron chi connectivity index (χ2n) is 4.01.